The van der Waals surface area contributed by atoms with E-state index in [1.807, 2.05) is 60.9 Å². The molecule has 2 heterocycles. The highest BCUT2D eigenvalue weighted by atomic mass is 32.2. The van der Waals surface area contributed by atoms with Gasteiger partial charge in [-0.2, -0.15) is 5.10 Å². The average Bonchev–Trinajstić information content (AvgIpc) is 3.26. The molecular weight excluding hydrogens is 436 g/mol. The lowest BCUT2D eigenvalue weighted by atomic mass is 9.94. The van der Waals surface area contributed by atoms with Crippen LogP contribution in [0.25, 0.3) is 11.3 Å². The van der Waals surface area contributed by atoms with Crippen molar-refractivity contribution in [3.8, 4) is 11.3 Å². The number of ether oxygens (including phenoxy) is 1. The smallest absolute Gasteiger partial charge is 0.277 e. The Bertz CT molecular complexity index is 1150. The summed E-state index contributed by atoms with van der Waals surface area (Å²) in [5.41, 5.74) is 1.65. The molecule has 0 fully saturated rings. The Kier molecular flexibility index (Phi) is 6.85. The van der Waals surface area contributed by atoms with Gasteiger partial charge >= 0.3 is 0 Å². The Morgan fingerprint density at radius 2 is 1.97 bits per heavy atom. The van der Waals surface area contributed by atoms with Crippen molar-refractivity contribution in [2.24, 2.45) is 0 Å². The van der Waals surface area contributed by atoms with Gasteiger partial charge in [0.15, 0.2) is 0 Å². The molecule has 172 valence electrons. The van der Waals surface area contributed by atoms with Crippen molar-refractivity contribution in [2.75, 3.05) is 31.4 Å². The van der Waals surface area contributed by atoms with E-state index in [4.69, 9.17) is 4.74 Å². The SMILES string of the molecule is COCCCNC(=O)[C@]1(C)Cn2nc(-c3ccccc3)cc2C(=O)N1c1cccc(SC)c1. The number of rotatable bonds is 8. The Balaban J connectivity index is 1.75. The first-order valence-corrected chi connectivity index (χ1v) is 12.1. The molecule has 3 aromatic rings. The number of anilines is 1. The molecule has 2 amide bonds. The van der Waals surface area contributed by atoms with E-state index in [1.54, 1.807) is 41.4 Å². The molecule has 2 aromatic carbocycles. The fourth-order valence-electron chi connectivity index (χ4n) is 4.09. The maximum atomic E-state index is 13.8. The van der Waals surface area contributed by atoms with Crippen molar-refractivity contribution < 1.29 is 14.3 Å². The third-order valence-electron chi connectivity index (χ3n) is 5.83. The van der Waals surface area contributed by atoms with Crippen LogP contribution in [0.3, 0.4) is 0 Å². The predicted octanol–water partition coefficient (Wildman–Crippen LogP) is 3.84. The molecule has 0 spiro atoms. The average molecular weight is 465 g/mol. The Hall–Kier alpha value is -3.10. The lowest BCUT2D eigenvalue weighted by Gasteiger charge is -2.43. The van der Waals surface area contributed by atoms with Gasteiger partial charge in [-0.1, -0.05) is 36.4 Å². The van der Waals surface area contributed by atoms with E-state index in [-0.39, 0.29) is 18.4 Å². The van der Waals surface area contributed by atoms with Crippen LogP contribution in [-0.2, 0) is 16.1 Å². The van der Waals surface area contributed by atoms with Gasteiger partial charge in [0.2, 0.25) is 5.91 Å². The summed E-state index contributed by atoms with van der Waals surface area (Å²) >= 11 is 1.59. The fraction of sp³-hybridized carbons (Fsp3) is 0.320. The minimum atomic E-state index is -1.14. The largest absolute Gasteiger partial charge is 0.385 e. The van der Waals surface area contributed by atoms with Crippen molar-refractivity contribution >= 4 is 29.3 Å². The summed E-state index contributed by atoms with van der Waals surface area (Å²) in [5, 5.41) is 7.67. The number of nitrogens with zero attached hydrogens (tertiary/aromatic N) is 3. The highest BCUT2D eigenvalue weighted by Gasteiger charge is 2.48. The summed E-state index contributed by atoms with van der Waals surface area (Å²) in [6, 6.07) is 19.3. The Labute approximate surface area is 198 Å². The summed E-state index contributed by atoms with van der Waals surface area (Å²) in [7, 11) is 1.63. The summed E-state index contributed by atoms with van der Waals surface area (Å²) in [5.74, 6) is -0.465. The number of aromatic nitrogens is 2. The number of carbonyl (C=O) groups excluding carboxylic acids is 2. The van der Waals surface area contributed by atoms with Crippen LogP contribution in [0.2, 0.25) is 0 Å². The van der Waals surface area contributed by atoms with Crippen LogP contribution in [0.5, 0.6) is 0 Å². The highest BCUT2D eigenvalue weighted by Crippen LogP contribution is 2.35. The third kappa shape index (κ3) is 4.54. The second kappa shape index (κ2) is 9.80. The van der Waals surface area contributed by atoms with E-state index in [9.17, 15) is 9.59 Å². The van der Waals surface area contributed by atoms with Gasteiger partial charge in [-0.25, -0.2) is 0 Å². The van der Waals surface area contributed by atoms with E-state index in [0.717, 1.165) is 10.5 Å². The van der Waals surface area contributed by atoms with Crippen molar-refractivity contribution in [2.45, 2.75) is 30.3 Å². The number of carbonyl (C=O) groups is 2. The first-order valence-electron chi connectivity index (χ1n) is 10.9. The number of benzene rings is 2. The molecule has 1 atom stereocenters. The maximum absolute atomic E-state index is 13.8. The van der Waals surface area contributed by atoms with Crippen LogP contribution in [0.1, 0.15) is 23.8 Å². The molecule has 8 heteroatoms. The molecule has 0 saturated carbocycles. The number of nitrogens with one attached hydrogen (secondary N) is 1. The van der Waals surface area contributed by atoms with Gasteiger partial charge in [-0.3, -0.25) is 19.2 Å². The second-order valence-electron chi connectivity index (χ2n) is 8.16. The highest BCUT2D eigenvalue weighted by molar-refractivity contribution is 7.98. The lowest BCUT2D eigenvalue weighted by Crippen LogP contribution is -2.64. The molecule has 1 N–H and O–H groups in total. The van der Waals surface area contributed by atoms with Gasteiger partial charge < -0.3 is 10.1 Å². The van der Waals surface area contributed by atoms with E-state index >= 15 is 0 Å². The van der Waals surface area contributed by atoms with E-state index in [0.29, 0.717) is 36.6 Å². The van der Waals surface area contributed by atoms with E-state index in [1.165, 1.54) is 0 Å². The monoisotopic (exact) mass is 464 g/mol. The van der Waals surface area contributed by atoms with Gasteiger partial charge in [0.25, 0.3) is 5.91 Å². The zero-order chi connectivity index (χ0) is 23.4. The minimum absolute atomic E-state index is 0.219. The van der Waals surface area contributed by atoms with Crippen LogP contribution in [0.4, 0.5) is 5.69 Å². The molecule has 0 saturated heterocycles. The lowest BCUT2D eigenvalue weighted by molar-refractivity contribution is -0.126. The van der Waals surface area contributed by atoms with E-state index < -0.39 is 5.54 Å². The number of methoxy groups -OCH3 is 1. The number of hydrogen-bond acceptors (Lipinski definition) is 5. The normalized spacial score (nSPS) is 17.7. The minimum Gasteiger partial charge on any atom is -0.385 e. The molecular formula is C25H28N4O3S. The zero-order valence-corrected chi connectivity index (χ0v) is 19.9. The van der Waals surface area contributed by atoms with Crippen LogP contribution in [0.15, 0.2) is 65.6 Å². The van der Waals surface area contributed by atoms with Gasteiger partial charge in [-0.15, -0.1) is 11.8 Å². The molecule has 33 heavy (non-hydrogen) atoms. The van der Waals surface area contributed by atoms with Crippen LogP contribution in [0, 0.1) is 0 Å². The number of amides is 2. The van der Waals surface area contributed by atoms with Crippen LogP contribution < -0.4 is 10.2 Å². The van der Waals surface area contributed by atoms with Gasteiger partial charge in [0.05, 0.1) is 12.2 Å². The quantitative estimate of drug-likeness (QED) is 0.405. The molecule has 1 aromatic heterocycles. The van der Waals surface area contributed by atoms with E-state index in [2.05, 4.69) is 10.4 Å². The van der Waals surface area contributed by atoms with Gasteiger partial charge in [-0.05, 0) is 43.9 Å². The molecule has 0 aliphatic carbocycles. The van der Waals surface area contributed by atoms with Crippen LogP contribution >= 0.6 is 11.8 Å². The second-order valence-corrected chi connectivity index (χ2v) is 9.04. The fourth-order valence-corrected chi connectivity index (χ4v) is 4.55. The first kappa shape index (κ1) is 23.1. The third-order valence-corrected chi connectivity index (χ3v) is 6.56. The van der Waals surface area contributed by atoms with Crippen LogP contribution in [-0.4, -0.2) is 53.7 Å². The topological polar surface area (TPSA) is 76.5 Å². The molecule has 4 rings (SSSR count). The Morgan fingerprint density at radius 1 is 1.18 bits per heavy atom. The number of fused-ring (bicyclic) bond motifs is 1. The molecule has 7 nitrogen and oxygen atoms in total. The van der Waals surface area contributed by atoms with Gasteiger partial charge in [0.1, 0.15) is 11.2 Å². The molecule has 0 radical (unpaired) electrons. The predicted molar refractivity (Wildman–Crippen MR) is 131 cm³/mol. The molecule has 1 aliphatic rings. The number of thioether (sulfide) groups is 1. The summed E-state index contributed by atoms with van der Waals surface area (Å²) < 4.78 is 6.75. The summed E-state index contributed by atoms with van der Waals surface area (Å²) in [6.07, 6.45) is 2.68. The van der Waals surface area contributed by atoms with Crippen molar-refractivity contribution in [3.63, 3.8) is 0 Å². The maximum Gasteiger partial charge on any atom is 0.277 e. The summed E-state index contributed by atoms with van der Waals surface area (Å²) in [6.45, 7) is 3.07. The van der Waals surface area contributed by atoms with Crippen molar-refractivity contribution in [1.29, 1.82) is 0 Å². The summed E-state index contributed by atoms with van der Waals surface area (Å²) in [4.78, 5) is 29.9. The number of hydrogen-bond donors (Lipinski definition) is 1. The standard InChI is InChI=1S/C25H28N4O3S/c1-25(24(31)26-13-8-14-32-2)17-28-22(16-21(27-28)18-9-5-4-6-10-18)23(30)29(25)19-11-7-12-20(15-19)33-3/h4-7,9-12,15-16H,8,13-14,17H2,1-3H3,(H,26,31)/t25-/m0/s1. The van der Waals surface area contributed by atoms with Crippen molar-refractivity contribution in [3.05, 3.63) is 66.4 Å². The zero-order valence-electron chi connectivity index (χ0n) is 19.1. The molecule has 0 bridgehead atoms. The Morgan fingerprint density at radius 3 is 2.70 bits per heavy atom. The molecule has 0 unspecified atom stereocenters. The molecule has 1 aliphatic heterocycles. The van der Waals surface area contributed by atoms with Crippen molar-refractivity contribution in [1.82, 2.24) is 15.1 Å². The van der Waals surface area contributed by atoms with Gasteiger partial charge in [0, 0.05) is 36.4 Å². The first-order chi connectivity index (χ1) is 16.0.